The molecule has 0 saturated heterocycles. The normalized spacial score (nSPS) is 10.7. The number of rotatable bonds is 3. The van der Waals surface area contributed by atoms with E-state index in [9.17, 15) is 14.3 Å². The fourth-order valence-electron chi connectivity index (χ4n) is 2.10. The molecule has 0 fully saturated rings. The Labute approximate surface area is 135 Å². The molecule has 118 valence electrons. The summed E-state index contributed by atoms with van der Waals surface area (Å²) < 4.78 is 14.9. The molecular weight excluding hydrogens is 319 g/mol. The van der Waals surface area contributed by atoms with Gasteiger partial charge in [-0.05, 0) is 25.1 Å². The van der Waals surface area contributed by atoms with Crippen molar-refractivity contribution in [1.82, 2.24) is 15.3 Å². The van der Waals surface area contributed by atoms with Gasteiger partial charge in [-0.3, -0.25) is 10.3 Å². The van der Waals surface area contributed by atoms with E-state index in [1.807, 2.05) is 6.92 Å². The van der Waals surface area contributed by atoms with Crippen molar-refractivity contribution in [3.63, 3.8) is 0 Å². The maximum Gasteiger partial charge on any atom is 0.321 e. The van der Waals surface area contributed by atoms with Crippen molar-refractivity contribution in [3.05, 3.63) is 36.4 Å². The van der Waals surface area contributed by atoms with Gasteiger partial charge in [-0.25, -0.2) is 14.2 Å². The van der Waals surface area contributed by atoms with Crippen LogP contribution in [-0.4, -0.2) is 27.7 Å². The summed E-state index contributed by atoms with van der Waals surface area (Å²) in [5.74, 6) is -0.489. The highest BCUT2D eigenvalue weighted by Gasteiger charge is 2.13. The van der Waals surface area contributed by atoms with Crippen LogP contribution < -0.4 is 10.6 Å². The third-order valence-corrected chi connectivity index (χ3v) is 4.00. The lowest BCUT2D eigenvalue weighted by Crippen LogP contribution is -2.28. The lowest BCUT2D eigenvalue weighted by atomic mass is 10.1. The number of hydrogen-bond acceptors (Lipinski definition) is 5. The van der Waals surface area contributed by atoms with E-state index in [4.69, 9.17) is 0 Å². The quantitative estimate of drug-likeness (QED) is 0.686. The lowest BCUT2D eigenvalue weighted by Gasteiger charge is -2.03. The average Bonchev–Trinajstić information content (AvgIpc) is 2.87. The van der Waals surface area contributed by atoms with E-state index in [2.05, 4.69) is 20.6 Å². The number of aromatic hydroxyl groups is 1. The van der Waals surface area contributed by atoms with Crippen LogP contribution in [0.5, 0.6) is 5.75 Å². The van der Waals surface area contributed by atoms with Crippen LogP contribution >= 0.6 is 11.3 Å². The fourth-order valence-corrected chi connectivity index (χ4v) is 2.97. The Kier molecular flexibility index (Phi) is 4.07. The van der Waals surface area contributed by atoms with Crippen LogP contribution in [0.3, 0.4) is 0 Å². The Morgan fingerprint density at radius 3 is 2.91 bits per heavy atom. The predicted molar refractivity (Wildman–Crippen MR) is 87.2 cm³/mol. The van der Waals surface area contributed by atoms with Gasteiger partial charge >= 0.3 is 6.03 Å². The molecule has 3 N–H and O–H groups in total. The highest BCUT2D eigenvalue weighted by Crippen LogP contribution is 2.33. The molecule has 0 atom stereocenters. The molecule has 3 aromatic rings. The smallest absolute Gasteiger partial charge is 0.321 e. The zero-order valence-electron chi connectivity index (χ0n) is 12.1. The Bertz CT molecular complexity index is 881. The Balaban J connectivity index is 1.99. The SMILES string of the molecule is CCNC(=O)Nc1nc2cc(-c3cncc(O)c3)c(F)cc2s1. The fraction of sp³-hybridized carbons (Fsp3) is 0.133. The maximum atomic E-state index is 14.3. The Morgan fingerprint density at radius 2 is 2.17 bits per heavy atom. The molecule has 2 heterocycles. The number of thiazole rings is 1. The first-order valence-electron chi connectivity index (χ1n) is 6.86. The summed E-state index contributed by atoms with van der Waals surface area (Å²) in [6.45, 7) is 2.31. The number of nitrogens with zero attached hydrogens (tertiary/aromatic N) is 2. The third-order valence-electron chi connectivity index (χ3n) is 3.07. The molecule has 0 spiro atoms. The summed E-state index contributed by atoms with van der Waals surface area (Å²) in [7, 11) is 0. The van der Waals surface area contributed by atoms with Gasteiger partial charge in [-0.2, -0.15) is 0 Å². The number of amides is 2. The summed E-state index contributed by atoms with van der Waals surface area (Å²) in [4.78, 5) is 19.6. The van der Waals surface area contributed by atoms with E-state index >= 15 is 0 Å². The van der Waals surface area contributed by atoms with Crippen LogP contribution in [0.4, 0.5) is 14.3 Å². The van der Waals surface area contributed by atoms with E-state index in [1.54, 1.807) is 6.07 Å². The standard InChI is InChI=1S/C15H13FN4O2S/c1-2-18-14(22)20-15-19-12-4-10(11(16)5-13(12)23-15)8-3-9(21)7-17-6-8/h3-7,21H,2H2,1H3,(H2,18,19,20,22). The van der Waals surface area contributed by atoms with Crippen molar-refractivity contribution in [1.29, 1.82) is 0 Å². The summed E-state index contributed by atoms with van der Waals surface area (Å²) in [6.07, 6.45) is 2.74. The van der Waals surface area contributed by atoms with Gasteiger partial charge in [0.15, 0.2) is 5.13 Å². The lowest BCUT2D eigenvalue weighted by molar-refractivity contribution is 0.252. The number of carbonyl (C=O) groups excluding carboxylic acids is 1. The van der Waals surface area contributed by atoms with E-state index in [0.717, 1.165) is 0 Å². The molecule has 0 aliphatic rings. The molecule has 8 heteroatoms. The average molecular weight is 332 g/mol. The highest BCUT2D eigenvalue weighted by molar-refractivity contribution is 7.22. The molecule has 0 saturated carbocycles. The van der Waals surface area contributed by atoms with Crippen LogP contribution in [0.1, 0.15) is 6.92 Å². The van der Waals surface area contributed by atoms with E-state index in [-0.39, 0.29) is 17.3 Å². The molecule has 6 nitrogen and oxygen atoms in total. The van der Waals surface area contributed by atoms with Gasteiger partial charge in [-0.15, -0.1) is 0 Å². The van der Waals surface area contributed by atoms with Crippen molar-refractivity contribution in [2.45, 2.75) is 6.92 Å². The maximum absolute atomic E-state index is 14.3. The molecular formula is C15H13FN4O2S. The van der Waals surface area contributed by atoms with Crippen LogP contribution in [0.2, 0.25) is 0 Å². The minimum absolute atomic E-state index is 0.0427. The van der Waals surface area contributed by atoms with Crippen molar-refractivity contribution in [3.8, 4) is 16.9 Å². The second kappa shape index (κ2) is 6.17. The number of hydrogen-bond donors (Lipinski definition) is 3. The molecule has 0 radical (unpaired) electrons. The summed E-state index contributed by atoms with van der Waals surface area (Å²) in [5.41, 5.74) is 1.30. The molecule has 2 aromatic heterocycles. The van der Waals surface area contributed by atoms with E-state index in [1.165, 1.54) is 35.9 Å². The number of urea groups is 1. The van der Waals surface area contributed by atoms with E-state index < -0.39 is 5.82 Å². The summed E-state index contributed by atoms with van der Waals surface area (Å²) in [6, 6.07) is 4.00. The number of aromatic nitrogens is 2. The topological polar surface area (TPSA) is 87.1 Å². The number of benzene rings is 1. The summed E-state index contributed by atoms with van der Waals surface area (Å²) in [5, 5.41) is 15.1. The molecule has 0 aliphatic heterocycles. The largest absolute Gasteiger partial charge is 0.506 e. The first-order chi connectivity index (χ1) is 11.1. The molecule has 23 heavy (non-hydrogen) atoms. The summed E-state index contributed by atoms with van der Waals surface area (Å²) >= 11 is 1.18. The monoisotopic (exact) mass is 332 g/mol. The number of pyridine rings is 1. The van der Waals surface area contributed by atoms with Gasteiger partial charge in [0.2, 0.25) is 0 Å². The molecule has 0 aliphatic carbocycles. The van der Waals surface area contributed by atoms with Gasteiger partial charge in [0.1, 0.15) is 11.6 Å². The zero-order chi connectivity index (χ0) is 16.4. The number of halogens is 1. The number of fused-ring (bicyclic) bond motifs is 1. The van der Waals surface area contributed by atoms with Crippen LogP contribution in [0.15, 0.2) is 30.6 Å². The molecule has 3 rings (SSSR count). The van der Waals surface area contributed by atoms with Crippen molar-refractivity contribution < 1.29 is 14.3 Å². The minimum atomic E-state index is -0.446. The molecule has 1 aromatic carbocycles. The van der Waals surface area contributed by atoms with Crippen LogP contribution in [-0.2, 0) is 0 Å². The van der Waals surface area contributed by atoms with Gasteiger partial charge in [0, 0.05) is 23.9 Å². The molecule has 0 unspecified atom stereocenters. The minimum Gasteiger partial charge on any atom is -0.506 e. The van der Waals surface area contributed by atoms with Crippen molar-refractivity contribution >= 4 is 32.7 Å². The Hall–Kier alpha value is -2.74. The number of carbonyl (C=O) groups is 1. The van der Waals surface area contributed by atoms with Gasteiger partial charge in [0.05, 0.1) is 16.4 Å². The van der Waals surface area contributed by atoms with Crippen LogP contribution in [0, 0.1) is 5.82 Å². The number of anilines is 1. The van der Waals surface area contributed by atoms with Crippen LogP contribution in [0.25, 0.3) is 21.3 Å². The van der Waals surface area contributed by atoms with Gasteiger partial charge in [-0.1, -0.05) is 11.3 Å². The number of nitrogens with one attached hydrogen (secondary N) is 2. The first-order valence-corrected chi connectivity index (χ1v) is 7.68. The second-order valence-electron chi connectivity index (χ2n) is 4.74. The van der Waals surface area contributed by atoms with Gasteiger partial charge < -0.3 is 10.4 Å². The second-order valence-corrected chi connectivity index (χ2v) is 5.77. The Morgan fingerprint density at radius 1 is 1.35 bits per heavy atom. The van der Waals surface area contributed by atoms with Gasteiger partial charge in [0.25, 0.3) is 0 Å². The molecule has 0 bridgehead atoms. The van der Waals surface area contributed by atoms with E-state index in [0.29, 0.717) is 27.5 Å². The molecule has 2 amide bonds. The van der Waals surface area contributed by atoms with Crippen molar-refractivity contribution in [2.24, 2.45) is 0 Å². The third kappa shape index (κ3) is 3.21. The predicted octanol–water partition coefficient (Wildman–Crippen LogP) is 3.34. The zero-order valence-corrected chi connectivity index (χ0v) is 12.9. The van der Waals surface area contributed by atoms with Crippen molar-refractivity contribution in [2.75, 3.05) is 11.9 Å². The first kappa shape index (κ1) is 15.2. The highest BCUT2D eigenvalue weighted by atomic mass is 32.1.